The lowest BCUT2D eigenvalue weighted by Gasteiger charge is -2.08. The second-order valence-corrected chi connectivity index (χ2v) is 4.19. The molecule has 19 heavy (non-hydrogen) atoms. The van der Waals surface area contributed by atoms with E-state index in [9.17, 15) is 0 Å². The van der Waals surface area contributed by atoms with E-state index in [4.69, 9.17) is 9.47 Å². The molecule has 1 aliphatic rings. The fourth-order valence-corrected chi connectivity index (χ4v) is 2.14. The standard InChI is InChI=1S/C13H16N4O2/c1-3-14-13-16-15-12(17(13)4-2)9-5-6-10-11(7-9)19-8-18-10/h5-7H,3-4,8H2,1-2H3,(H,14,16). The van der Waals surface area contributed by atoms with Crippen molar-refractivity contribution < 1.29 is 9.47 Å². The highest BCUT2D eigenvalue weighted by atomic mass is 16.7. The van der Waals surface area contributed by atoms with Crippen LogP contribution >= 0.6 is 0 Å². The summed E-state index contributed by atoms with van der Waals surface area (Å²) in [7, 11) is 0. The molecule has 0 bridgehead atoms. The molecule has 100 valence electrons. The Labute approximate surface area is 111 Å². The number of rotatable bonds is 4. The Morgan fingerprint density at radius 1 is 1.21 bits per heavy atom. The number of aromatic nitrogens is 3. The highest BCUT2D eigenvalue weighted by molar-refractivity contribution is 5.63. The minimum atomic E-state index is 0.280. The average Bonchev–Trinajstić information content (AvgIpc) is 3.04. The first-order valence-corrected chi connectivity index (χ1v) is 6.40. The van der Waals surface area contributed by atoms with Crippen LogP contribution in [0.15, 0.2) is 18.2 Å². The number of benzene rings is 1. The molecule has 0 atom stereocenters. The molecule has 0 saturated carbocycles. The van der Waals surface area contributed by atoms with Crippen molar-refractivity contribution in [1.29, 1.82) is 0 Å². The summed E-state index contributed by atoms with van der Waals surface area (Å²) in [6.45, 7) is 6.01. The molecule has 0 aliphatic carbocycles. The van der Waals surface area contributed by atoms with Crippen LogP contribution in [0.5, 0.6) is 11.5 Å². The predicted octanol–water partition coefficient (Wildman–Crippen LogP) is 2.13. The van der Waals surface area contributed by atoms with E-state index in [1.165, 1.54) is 0 Å². The van der Waals surface area contributed by atoms with Gasteiger partial charge in [-0.15, -0.1) is 10.2 Å². The molecular formula is C13H16N4O2. The van der Waals surface area contributed by atoms with Crippen LogP contribution in [-0.4, -0.2) is 28.1 Å². The summed E-state index contributed by atoms with van der Waals surface area (Å²) in [6.07, 6.45) is 0. The molecule has 1 aliphatic heterocycles. The van der Waals surface area contributed by atoms with Gasteiger partial charge in [-0.1, -0.05) is 0 Å². The third-order valence-electron chi connectivity index (χ3n) is 3.03. The highest BCUT2D eigenvalue weighted by Crippen LogP contribution is 2.35. The maximum absolute atomic E-state index is 5.39. The lowest BCUT2D eigenvalue weighted by Crippen LogP contribution is -2.06. The molecule has 1 N–H and O–H groups in total. The Morgan fingerprint density at radius 3 is 2.84 bits per heavy atom. The molecule has 0 saturated heterocycles. The molecular weight excluding hydrogens is 244 g/mol. The zero-order valence-electron chi connectivity index (χ0n) is 11.0. The quantitative estimate of drug-likeness (QED) is 0.912. The molecule has 0 unspecified atom stereocenters. The van der Waals surface area contributed by atoms with Crippen LogP contribution in [0.2, 0.25) is 0 Å². The number of hydrogen-bond donors (Lipinski definition) is 1. The van der Waals surface area contributed by atoms with Crippen LogP contribution in [-0.2, 0) is 6.54 Å². The Balaban J connectivity index is 2.02. The van der Waals surface area contributed by atoms with E-state index in [1.54, 1.807) is 0 Å². The van der Waals surface area contributed by atoms with Gasteiger partial charge in [-0.25, -0.2) is 0 Å². The topological polar surface area (TPSA) is 61.2 Å². The van der Waals surface area contributed by atoms with Crippen LogP contribution in [0, 0.1) is 0 Å². The first-order valence-electron chi connectivity index (χ1n) is 6.40. The monoisotopic (exact) mass is 260 g/mol. The SMILES string of the molecule is CCNc1nnc(-c2ccc3c(c2)OCO3)n1CC. The minimum Gasteiger partial charge on any atom is -0.454 e. The van der Waals surface area contributed by atoms with Crippen molar-refractivity contribution in [1.82, 2.24) is 14.8 Å². The van der Waals surface area contributed by atoms with Crippen molar-refractivity contribution in [2.45, 2.75) is 20.4 Å². The van der Waals surface area contributed by atoms with Crippen LogP contribution in [0.1, 0.15) is 13.8 Å². The second kappa shape index (κ2) is 4.79. The number of hydrogen-bond acceptors (Lipinski definition) is 5. The number of anilines is 1. The average molecular weight is 260 g/mol. The summed E-state index contributed by atoms with van der Waals surface area (Å²) in [5.74, 6) is 3.15. The number of ether oxygens (including phenoxy) is 2. The predicted molar refractivity (Wildman–Crippen MR) is 71.4 cm³/mol. The van der Waals surface area contributed by atoms with E-state index < -0.39 is 0 Å². The summed E-state index contributed by atoms with van der Waals surface area (Å²) in [5, 5.41) is 11.6. The first-order chi connectivity index (χ1) is 9.33. The summed E-state index contributed by atoms with van der Waals surface area (Å²) in [5.41, 5.74) is 0.975. The Hall–Kier alpha value is -2.24. The van der Waals surface area contributed by atoms with Gasteiger partial charge in [0.25, 0.3) is 0 Å². The van der Waals surface area contributed by atoms with E-state index in [0.717, 1.165) is 41.9 Å². The molecule has 0 amide bonds. The van der Waals surface area contributed by atoms with Gasteiger partial charge < -0.3 is 14.8 Å². The van der Waals surface area contributed by atoms with Crippen molar-refractivity contribution in [3.63, 3.8) is 0 Å². The molecule has 0 fully saturated rings. The molecule has 2 heterocycles. The Bertz CT molecular complexity index is 594. The van der Waals surface area contributed by atoms with E-state index in [2.05, 4.69) is 22.4 Å². The maximum Gasteiger partial charge on any atom is 0.231 e. The Kier molecular flexibility index (Phi) is 2.98. The lowest BCUT2D eigenvalue weighted by molar-refractivity contribution is 0.174. The number of nitrogens with zero attached hydrogens (tertiary/aromatic N) is 3. The van der Waals surface area contributed by atoms with Crippen molar-refractivity contribution in [3.8, 4) is 22.9 Å². The molecule has 0 spiro atoms. The fourth-order valence-electron chi connectivity index (χ4n) is 2.14. The lowest BCUT2D eigenvalue weighted by atomic mass is 10.2. The van der Waals surface area contributed by atoms with Crippen molar-refractivity contribution >= 4 is 5.95 Å². The third kappa shape index (κ3) is 1.99. The zero-order chi connectivity index (χ0) is 13.2. The molecule has 6 nitrogen and oxygen atoms in total. The largest absolute Gasteiger partial charge is 0.454 e. The molecule has 0 radical (unpaired) electrons. The minimum absolute atomic E-state index is 0.280. The highest BCUT2D eigenvalue weighted by Gasteiger charge is 2.17. The molecule has 6 heteroatoms. The molecule has 1 aromatic carbocycles. The number of fused-ring (bicyclic) bond motifs is 1. The third-order valence-corrected chi connectivity index (χ3v) is 3.03. The molecule has 1 aromatic heterocycles. The van der Waals surface area contributed by atoms with Gasteiger partial charge in [-0.05, 0) is 32.0 Å². The van der Waals surface area contributed by atoms with Gasteiger partial charge in [-0.2, -0.15) is 0 Å². The van der Waals surface area contributed by atoms with E-state index in [1.807, 2.05) is 29.7 Å². The maximum atomic E-state index is 5.39. The molecule has 3 rings (SSSR count). The zero-order valence-corrected chi connectivity index (χ0v) is 11.0. The van der Waals surface area contributed by atoms with Gasteiger partial charge >= 0.3 is 0 Å². The fraction of sp³-hybridized carbons (Fsp3) is 0.385. The van der Waals surface area contributed by atoms with Gasteiger partial charge in [0.05, 0.1) is 0 Å². The van der Waals surface area contributed by atoms with Gasteiger partial charge in [0.1, 0.15) is 0 Å². The van der Waals surface area contributed by atoms with Gasteiger partial charge in [0.2, 0.25) is 12.7 Å². The van der Waals surface area contributed by atoms with E-state index in [0.29, 0.717) is 0 Å². The summed E-state index contributed by atoms with van der Waals surface area (Å²) < 4.78 is 12.7. The second-order valence-electron chi connectivity index (χ2n) is 4.19. The number of nitrogens with one attached hydrogen (secondary N) is 1. The van der Waals surface area contributed by atoms with Crippen LogP contribution < -0.4 is 14.8 Å². The van der Waals surface area contributed by atoms with Gasteiger partial charge in [0, 0.05) is 18.7 Å². The van der Waals surface area contributed by atoms with Crippen LogP contribution in [0.25, 0.3) is 11.4 Å². The van der Waals surface area contributed by atoms with Gasteiger partial charge in [-0.3, -0.25) is 4.57 Å². The summed E-state index contributed by atoms with van der Waals surface area (Å²) in [4.78, 5) is 0. The van der Waals surface area contributed by atoms with Gasteiger partial charge in [0.15, 0.2) is 17.3 Å². The summed E-state index contributed by atoms with van der Waals surface area (Å²) >= 11 is 0. The van der Waals surface area contributed by atoms with Crippen LogP contribution in [0.4, 0.5) is 5.95 Å². The van der Waals surface area contributed by atoms with Crippen molar-refractivity contribution in [2.75, 3.05) is 18.7 Å². The van der Waals surface area contributed by atoms with E-state index >= 15 is 0 Å². The molecule has 2 aromatic rings. The first kappa shape index (κ1) is 11.8. The van der Waals surface area contributed by atoms with Crippen molar-refractivity contribution in [3.05, 3.63) is 18.2 Å². The van der Waals surface area contributed by atoms with E-state index in [-0.39, 0.29) is 6.79 Å². The van der Waals surface area contributed by atoms with Crippen LogP contribution in [0.3, 0.4) is 0 Å². The normalized spacial score (nSPS) is 12.7. The smallest absolute Gasteiger partial charge is 0.231 e. The van der Waals surface area contributed by atoms with Crippen molar-refractivity contribution in [2.24, 2.45) is 0 Å². The summed E-state index contributed by atoms with van der Waals surface area (Å²) in [6, 6.07) is 5.81. The Morgan fingerprint density at radius 2 is 2.05 bits per heavy atom.